The lowest BCUT2D eigenvalue weighted by Crippen LogP contribution is -2.31. The van der Waals surface area contributed by atoms with E-state index in [-0.39, 0.29) is 17.9 Å². The summed E-state index contributed by atoms with van der Waals surface area (Å²) >= 11 is 0. The molecule has 0 radical (unpaired) electrons. The highest BCUT2D eigenvalue weighted by atomic mass is 19.1. The Bertz CT molecular complexity index is 680. The molecule has 0 fully saturated rings. The Morgan fingerprint density at radius 3 is 2.30 bits per heavy atom. The molecule has 0 aliphatic carbocycles. The zero-order valence-corrected chi connectivity index (χ0v) is 14.0. The van der Waals surface area contributed by atoms with Crippen LogP contribution in [0.2, 0.25) is 0 Å². The number of urea groups is 1. The fourth-order valence-corrected chi connectivity index (χ4v) is 2.52. The van der Waals surface area contributed by atoms with Crippen molar-refractivity contribution in [1.29, 1.82) is 0 Å². The first kappa shape index (κ1) is 17.0. The lowest BCUT2D eigenvalue weighted by molar-refractivity contribution is 0.249. The lowest BCUT2D eigenvalue weighted by atomic mass is 9.98. The minimum Gasteiger partial charge on any atom is -0.331 e. The summed E-state index contributed by atoms with van der Waals surface area (Å²) in [6, 6.07) is 11.7. The van der Waals surface area contributed by atoms with Crippen molar-refractivity contribution in [1.82, 2.24) is 5.32 Å². The third-order valence-electron chi connectivity index (χ3n) is 3.88. The van der Waals surface area contributed by atoms with Gasteiger partial charge >= 0.3 is 6.03 Å². The van der Waals surface area contributed by atoms with E-state index in [1.807, 2.05) is 32.0 Å². The maximum Gasteiger partial charge on any atom is 0.319 e. The molecule has 2 amide bonds. The Balaban J connectivity index is 2.09. The second kappa shape index (κ2) is 7.27. The van der Waals surface area contributed by atoms with Gasteiger partial charge in [0.2, 0.25) is 0 Å². The monoisotopic (exact) mass is 314 g/mol. The van der Waals surface area contributed by atoms with Crippen LogP contribution < -0.4 is 10.6 Å². The van der Waals surface area contributed by atoms with Crippen LogP contribution in [0.3, 0.4) is 0 Å². The zero-order chi connectivity index (χ0) is 17.0. The summed E-state index contributed by atoms with van der Waals surface area (Å²) in [5, 5.41) is 5.83. The maximum atomic E-state index is 13.0. The van der Waals surface area contributed by atoms with Crippen molar-refractivity contribution in [2.45, 2.75) is 39.7 Å². The molecular weight excluding hydrogens is 291 g/mol. The van der Waals surface area contributed by atoms with E-state index in [4.69, 9.17) is 0 Å². The molecule has 2 aromatic rings. The largest absolute Gasteiger partial charge is 0.331 e. The highest BCUT2D eigenvalue weighted by Crippen LogP contribution is 2.27. The number of benzene rings is 2. The van der Waals surface area contributed by atoms with Gasteiger partial charge in [-0.3, -0.25) is 0 Å². The van der Waals surface area contributed by atoms with Gasteiger partial charge in [-0.15, -0.1) is 0 Å². The van der Waals surface area contributed by atoms with Gasteiger partial charge < -0.3 is 10.6 Å². The molecule has 0 saturated carbocycles. The molecule has 0 aromatic heterocycles. The summed E-state index contributed by atoms with van der Waals surface area (Å²) in [6.07, 6.45) is 0. The topological polar surface area (TPSA) is 41.1 Å². The van der Waals surface area contributed by atoms with Crippen LogP contribution in [-0.2, 0) is 0 Å². The highest BCUT2D eigenvalue weighted by Gasteiger charge is 2.14. The Hall–Kier alpha value is -2.36. The average Bonchev–Trinajstić information content (AvgIpc) is 2.49. The molecule has 3 nitrogen and oxygen atoms in total. The van der Waals surface area contributed by atoms with Gasteiger partial charge in [-0.05, 0) is 48.6 Å². The van der Waals surface area contributed by atoms with Gasteiger partial charge in [0, 0.05) is 5.69 Å². The van der Waals surface area contributed by atoms with E-state index in [9.17, 15) is 9.18 Å². The van der Waals surface area contributed by atoms with Gasteiger partial charge in [-0.25, -0.2) is 9.18 Å². The number of hydrogen-bond acceptors (Lipinski definition) is 1. The van der Waals surface area contributed by atoms with E-state index >= 15 is 0 Å². The van der Waals surface area contributed by atoms with Crippen molar-refractivity contribution in [2.75, 3.05) is 5.32 Å². The standard InChI is InChI=1S/C19H23FN2O/c1-12(2)17-7-5-6-13(3)18(17)22-19(23)21-14(4)15-8-10-16(20)11-9-15/h5-12,14H,1-4H3,(H2,21,22,23). The molecule has 0 aliphatic heterocycles. The predicted octanol–water partition coefficient (Wildman–Crippen LogP) is 5.14. The molecule has 0 saturated heterocycles. The van der Waals surface area contributed by atoms with Gasteiger partial charge in [0.15, 0.2) is 0 Å². The van der Waals surface area contributed by atoms with Gasteiger partial charge in [0.05, 0.1) is 6.04 Å². The minimum absolute atomic E-state index is 0.206. The number of para-hydroxylation sites is 1. The summed E-state index contributed by atoms with van der Waals surface area (Å²) in [6.45, 7) is 8.04. The summed E-state index contributed by atoms with van der Waals surface area (Å²) in [4.78, 5) is 12.3. The predicted molar refractivity (Wildman–Crippen MR) is 92.2 cm³/mol. The summed E-state index contributed by atoms with van der Waals surface area (Å²) < 4.78 is 13.0. The molecule has 1 atom stereocenters. The number of halogens is 1. The van der Waals surface area contributed by atoms with Crippen molar-refractivity contribution in [3.8, 4) is 0 Å². The van der Waals surface area contributed by atoms with Crippen LogP contribution in [0.15, 0.2) is 42.5 Å². The van der Waals surface area contributed by atoms with Gasteiger partial charge in [0.25, 0.3) is 0 Å². The van der Waals surface area contributed by atoms with Crippen molar-refractivity contribution in [2.24, 2.45) is 0 Å². The zero-order valence-electron chi connectivity index (χ0n) is 14.0. The van der Waals surface area contributed by atoms with Crippen molar-refractivity contribution in [3.63, 3.8) is 0 Å². The number of aryl methyl sites for hydroxylation is 1. The smallest absolute Gasteiger partial charge is 0.319 e. The second-order valence-electron chi connectivity index (χ2n) is 6.07. The maximum absolute atomic E-state index is 13.0. The molecule has 0 spiro atoms. The van der Waals surface area contributed by atoms with Crippen molar-refractivity contribution >= 4 is 11.7 Å². The number of hydrogen-bond donors (Lipinski definition) is 2. The average molecular weight is 314 g/mol. The Morgan fingerprint density at radius 1 is 1.04 bits per heavy atom. The molecule has 2 aromatic carbocycles. The second-order valence-corrected chi connectivity index (χ2v) is 6.07. The van der Waals surface area contributed by atoms with E-state index < -0.39 is 0 Å². The fourth-order valence-electron chi connectivity index (χ4n) is 2.52. The van der Waals surface area contributed by atoms with E-state index in [2.05, 4.69) is 24.5 Å². The molecule has 2 rings (SSSR count). The number of anilines is 1. The molecular formula is C19H23FN2O. The number of nitrogens with one attached hydrogen (secondary N) is 2. The normalized spacial score (nSPS) is 12.1. The van der Waals surface area contributed by atoms with Crippen LogP contribution in [0, 0.1) is 12.7 Å². The van der Waals surface area contributed by atoms with Crippen LogP contribution in [-0.4, -0.2) is 6.03 Å². The van der Waals surface area contributed by atoms with Crippen LogP contribution in [0.25, 0.3) is 0 Å². The van der Waals surface area contributed by atoms with Crippen LogP contribution >= 0.6 is 0 Å². The molecule has 0 bridgehead atoms. The third-order valence-corrected chi connectivity index (χ3v) is 3.88. The van der Waals surface area contributed by atoms with Crippen LogP contribution in [0.4, 0.5) is 14.9 Å². The van der Waals surface area contributed by atoms with Gasteiger partial charge in [0.1, 0.15) is 5.82 Å². The Labute approximate surface area is 136 Å². The van der Waals surface area contributed by atoms with E-state index in [0.29, 0.717) is 5.92 Å². The Morgan fingerprint density at radius 2 is 1.70 bits per heavy atom. The molecule has 0 heterocycles. The van der Waals surface area contributed by atoms with E-state index in [1.165, 1.54) is 12.1 Å². The quantitative estimate of drug-likeness (QED) is 0.806. The molecule has 122 valence electrons. The molecule has 1 unspecified atom stereocenters. The van der Waals surface area contributed by atoms with Gasteiger partial charge in [-0.2, -0.15) is 0 Å². The van der Waals surface area contributed by atoms with Gasteiger partial charge in [-0.1, -0.05) is 44.2 Å². The van der Waals surface area contributed by atoms with Crippen molar-refractivity contribution < 1.29 is 9.18 Å². The fraction of sp³-hybridized carbons (Fsp3) is 0.316. The molecule has 4 heteroatoms. The first-order chi connectivity index (χ1) is 10.9. The third kappa shape index (κ3) is 4.31. The summed E-state index contributed by atoms with van der Waals surface area (Å²) in [5.41, 5.74) is 3.84. The first-order valence-electron chi connectivity index (χ1n) is 7.81. The Kier molecular flexibility index (Phi) is 5.37. The highest BCUT2D eigenvalue weighted by molar-refractivity contribution is 5.91. The molecule has 23 heavy (non-hydrogen) atoms. The van der Waals surface area contributed by atoms with Crippen LogP contribution in [0.5, 0.6) is 0 Å². The molecule has 2 N–H and O–H groups in total. The van der Waals surface area contributed by atoms with Crippen molar-refractivity contribution in [3.05, 3.63) is 65.0 Å². The summed E-state index contributed by atoms with van der Waals surface area (Å²) in [7, 11) is 0. The van der Waals surface area contributed by atoms with E-state index in [1.54, 1.807) is 12.1 Å². The minimum atomic E-state index is -0.285. The summed E-state index contributed by atoms with van der Waals surface area (Å²) in [5.74, 6) is 0.0339. The number of rotatable bonds is 4. The van der Waals surface area contributed by atoms with E-state index in [0.717, 1.165) is 22.4 Å². The number of amides is 2. The number of carbonyl (C=O) groups is 1. The SMILES string of the molecule is Cc1cccc(C(C)C)c1NC(=O)NC(C)c1ccc(F)cc1. The molecule has 0 aliphatic rings. The lowest BCUT2D eigenvalue weighted by Gasteiger charge is -2.19. The van der Waals surface area contributed by atoms with Crippen LogP contribution in [0.1, 0.15) is 49.4 Å². The first-order valence-corrected chi connectivity index (χ1v) is 7.81. The number of carbonyl (C=O) groups excluding carboxylic acids is 1.